The van der Waals surface area contributed by atoms with Crippen LogP contribution in [0.1, 0.15) is 33.1 Å². The topological polar surface area (TPSA) is 66.5 Å². The van der Waals surface area contributed by atoms with Gasteiger partial charge in [-0.1, -0.05) is 13.8 Å². The van der Waals surface area contributed by atoms with Crippen LogP contribution in [-0.4, -0.2) is 56.4 Å². The molecule has 1 amide bonds. The first-order chi connectivity index (χ1) is 9.35. The van der Waals surface area contributed by atoms with E-state index >= 15 is 0 Å². The van der Waals surface area contributed by atoms with Crippen LogP contribution in [0.4, 0.5) is 0 Å². The average molecular weight is 302 g/mol. The van der Waals surface area contributed by atoms with E-state index in [-0.39, 0.29) is 23.8 Å². The minimum atomic E-state index is -2.79. The lowest BCUT2D eigenvalue weighted by molar-refractivity contribution is -0.125. The van der Waals surface area contributed by atoms with Gasteiger partial charge in [0.2, 0.25) is 5.91 Å². The van der Waals surface area contributed by atoms with E-state index in [1.54, 1.807) is 0 Å². The Morgan fingerprint density at radius 2 is 2.10 bits per heavy atom. The van der Waals surface area contributed by atoms with E-state index in [0.717, 1.165) is 38.9 Å². The molecule has 2 heterocycles. The van der Waals surface area contributed by atoms with Crippen molar-refractivity contribution in [3.05, 3.63) is 0 Å². The number of rotatable bonds is 4. The SMILES string of the molecule is CC(C)C(=O)N[C@@H]1CCCN(C[C@H]2CCS(=O)(=O)C2)C1. The number of nitrogens with zero attached hydrogens (tertiary/aromatic N) is 1. The van der Waals surface area contributed by atoms with Crippen molar-refractivity contribution in [1.29, 1.82) is 0 Å². The molecule has 0 aromatic heterocycles. The van der Waals surface area contributed by atoms with E-state index in [9.17, 15) is 13.2 Å². The second-order valence-electron chi connectivity index (χ2n) is 6.53. The minimum absolute atomic E-state index is 0.0188. The van der Waals surface area contributed by atoms with Crippen molar-refractivity contribution in [2.45, 2.75) is 39.2 Å². The van der Waals surface area contributed by atoms with Gasteiger partial charge in [0.05, 0.1) is 11.5 Å². The summed E-state index contributed by atoms with van der Waals surface area (Å²) in [6.45, 7) is 6.53. The van der Waals surface area contributed by atoms with Crippen molar-refractivity contribution in [2.24, 2.45) is 11.8 Å². The van der Waals surface area contributed by atoms with E-state index in [1.165, 1.54) is 0 Å². The first-order valence-corrected chi connectivity index (χ1v) is 9.41. The number of nitrogens with one attached hydrogen (secondary N) is 1. The number of hydrogen-bond acceptors (Lipinski definition) is 4. The van der Waals surface area contributed by atoms with E-state index in [2.05, 4.69) is 10.2 Å². The fraction of sp³-hybridized carbons (Fsp3) is 0.929. The van der Waals surface area contributed by atoms with Crippen LogP contribution < -0.4 is 5.32 Å². The molecule has 2 aliphatic heterocycles. The number of carbonyl (C=O) groups is 1. The molecule has 2 rings (SSSR count). The summed E-state index contributed by atoms with van der Waals surface area (Å²) in [5, 5.41) is 3.09. The van der Waals surface area contributed by atoms with E-state index in [4.69, 9.17) is 0 Å². The van der Waals surface area contributed by atoms with Gasteiger partial charge in [-0.25, -0.2) is 8.42 Å². The Balaban J connectivity index is 1.80. The van der Waals surface area contributed by atoms with Crippen molar-refractivity contribution < 1.29 is 13.2 Å². The van der Waals surface area contributed by atoms with Crippen LogP contribution in [-0.2, 0) is 14.6 Å². The standard InChI is InChI=1S/C14H26N2O3S/c1-11(2)14(17)15-13-4-3-6-16(9-13)8-12-5-7-20(18,19)10-12/h11-13H,3-10H2,1-2H3,(H,15,17)/t12-,13-/m1/s1. The number of likely N-dealkylation sites (tertiary alicyclic amines) is 1. The molecule has 0 radical (unpaired) electrons. The molecule has 20 heavy (non-hydrogen) atoms. The first-order valence-electron chi connectivity index (χ1n) is 7.59. The molecule has 0 aliphatic carbocycles. The summed E-state index contributed by atoms with van der Waals surface area (Å²) in [6, 6.07) is 0.219. The molecule has 0 unspecified atom stereocenters. The van der Waals surface area contributed by atoms with Gasteiger partial charge in [0.1, 0.15) is 0 Å². The molecule has 116 valence electrons. The van der Waals surface area contributed by atoms with Gasteiger partial charge in [-0.15, -0.1) is 0 Å². The lowest BCUT2D eigenvalue weighted by Gasteiger charge is -2.34. The maximum atomic E-state index is 11.7. The normalized spacial score (nSPS) is 30.6. The zero-order chi connectivity index (χ0) is 14.8. The number of hydrogen-bond donors (Lipinski definition) is 1. The largest absolute Gasteiger partial charge is 0.352 e. The Hall–Kier alpha value is -0.620. The maximum absolute atomic E-state index is 11.7. The molecule has 0 spiro atoms. The Labute approximate surface area is 122 Å². The number of amides is 1. The Morgan fingerprint density at radius 3 is 2.70 bits per heavy atom. The monoisotopic (exact) mass is 302 g/mol. The second kappa shape index (κ2) is 6.43. The van der Waals surface area contributed by atoms with Crippen LogP contribution >= 0.6 is 0 Å². The molecular formula is C14H26N2O3S. The summed E-state index contributed by atoms with van der Waals surface area (Å²) in [6.07, 6.45) is 2.89. The van der Waals surface area contributed by atoms with Gasteiger partial charge in [0.15, 0.2) is 9.84 Å². The van der Waals surface area contributed by atoms with Crippen LogP contribution in [0, 0.1) is 11.8 Å². The minimum Gasteiger partial charge on any atom is -0.352 e. The van der Waals surface area contributed by atoms with Gasteiger partial charge >= 0.3 is 0 Å². The molecule has 2 saturated heterocycles. The second-order valence-corrected chi connectivity index (χ2v) is 8.76. The lowest BCUT2D eigenvalue weighted by atomic mass is 10.0. The van der Waals surface area contributed by atoms with E-state index < -0.39 is 9.84 Å². The van der Waals surface area contributed by atoms with Crippen LogP contribution in [0.5, 0.6) is 0 Å². The van der Waals surface area contributed by atoms with Gasteiger partial charge < -0.3 is 10.2 Å². The summed E-state index contributed by atoms with van der Waals surface area (Å²) in [5.41, 5.74) is 0. The van der Waals surface area contributed by atoms with Crippen LogP contribution in [0.2, 0.25) is 0 Å². The van der Waals surface area contributed by atoms with Crippen LogP contribution in [0.3, 0.4) is 0 Å². The zero-order valence-electron chi connectivity index (χ0n) is 12.5. The quantitative estimate of drug-likeness (QED) is 0.828. The molecule has 5 nitrogen and oxygen atoms in total. The highest BCUT2D eigenvalue weighted by atomic mass is 32.2. The fourth-order valence-electron chi connectivity index (χ4n) is 3.09. The Kier molecular flexibility index (Phi) is 5.07. The van der Waals surface area contributed by atoms with Crippen molar-refractivity contribution in [2.75, 3.05) is 31.1 Å². The summed E-state index contributed by atoms with van der Waals surface area (Å²) < 4.78 is 23.0. The molecule has 6 heteroatoms. The molecular weight excluding hydrogens is 276 g/mol. The highest BCUT2D eigenvalue weighted by molar-refractivity contribution is 7.91. The van der Waals surface area contributed by atoms with Crippen LogP contribution in [0.15, 0.2) is 0 Å². The number of sulfone groups is 1. The van der Waals surface area contributed by atoms with E-state index in [1.807, 2.05) is 13.8 Å². The molecule has 2 atom stereocenters. The summed E-state index contributed by atoms with van der Waals surface area (Å²) >= 11 is 0. The van der Waals surface area contributed by atoms with E-state index in [0.29, 0.717) is 11.5 Å². The first kappa shape index (κ1) is 15.8. The van der Waals surface area contributed by atoms with Crippen molar-refractivity contribution in [3.8, 4) is 0 Å². The van der Waals surface area contributed by atoms with Gasteiger partial charge in [-0.05, 0) is 31.7 Å². The highest BCUT2D eigenvalue weighted by Crippen LogP contribution is 2.21. The molecule has 0 aromatic carbocycles. The van der Waals surface area contributed by atoms with Crippen LogP contribution in [0.25, 0.3) is 0 Å². The molecule has 2 aliphatic rings. The van der Waals surface area contributed by atoms with Gasteiger partial charge in [-0.2, -0.15) is 0 Å². The molecule has 0 saturated carbocycles. The highest BCUT2D eigenvalue weighted by Gasteiger charge is 2.31. The van der Waals surface area contributed by atoms with Crippen molar-refractivity contribution in [1.82, 2.24) is 10.2 Å². The molecule has 1 N–H and O–H groups in total. The third-order valence-corrected chi connectivity index (χ3v) is 6.06. The summed E-state index contributed by atoms with van der Waals surface area (Å²) in [5.74, 6) is 1.09. The Bertz CT molecular complexity index is 447. The van der Waals surface area contributed by atoms with Gasteiger partial charge in [0, 0.05) is 25.0 Å². The zero-order valence-corrected chi connectivity index (χ0v) is 13.3. The molecule has 0 aromatic rings. The van der Waals surface area contributed by atoms with Crippen molar-refractivity contribution in [3.63, 3.8) is 0 Å². The third-order valence-electron chi connectivity index (χ3n) is 4.22. The number of carbonyl (C=O) groups excluding carboxylic acids is 1. The Morgan fingerprint density at radius 1 is 1.35 bits per heavy atom. The fourth-order valence-corrected chi connectivity index (χ4v) is 4.94. The third kappa shape index (κ3) is 4.45. The number of piperidine rings is 1. The molecule has 0 bridgehead atoms. The average Bonchev–Trinajstić information content (AvgIpc) is 2.69. The smallest absolute Gasteiger partial charge is 0.222 e. The van der Waals surface area contributed by atoms with Gasteiger partial charge in [0.25, 0.3) is 0 Å². The predicted octanol–water partition coefficient (Wildman–Crippen LogP) is 0.658. The maximum Gasteiger partial charge on any atom is 0.222 e. The lowest BCUT2D eigenvalue weighted by Crippen LogP contribution is -2.49. The predicted molar refractivity (Wildman–Crippen MR) is 79.2 cm³/mol. The van der Waals surface area contributed by atoms with Gasteiger partial charge in [-0.3, -0.25) is 4.79 Å². The molecule has 2 fully saturated rings. The van der Waals surface area contributed by atoms with Crippen molar-refractivity contribution >= 4 is 15.7 Å². The summed E-state index contributed by atoms with van der Waals surface area (Å²) in [4.78, 5) is 14.1. The summed E-state index contributed by atoms with van der Waals surface area (Å²) in [7, 11) is -2.79.